The molecule has 1 aliphatic heterocycles. The molecule has 2 atom stereocenters. The Morgan fingerprint density at radius 2 is 2.24 bits per heavy atom. The number of hydrogen-bond acceptors (Lipinski definition) is 3. The third-order valence-electron chi connectivity index (χ3n) is 4.63. The van der Waals surface area contributed by atoms with Gasteiger partial charge in [-0.3, -0.25) is 4.79 Å². The minimum Gasteiger partial charge on any atom is -0.374 e. The molecule has 0 spiro atoms. The summed E-state index contributed by atoms with van der Waals surface area (Å²) in [6.07, 6.45) is 6.83. The van der Waals surface area contributed by atoms with Gasteiger partial charge in [-0.2, -0.15) is 0 Å². The molecule has 1 aliphatic carbocycles. The first-order valence-corrected chi connectivity index (χ1v) is 8.70. The molecule has 2 unspecified atom stereocenters. The summed E-state index contributed by atoms with van der Waals surface area (Å²) >= 11 is 0. The number of halogens is 1. The molecule has 1 saturated heterocycles. The molecule has 1 fully saturated rings. The molecule has 2 aliphatic rings. The highest BCUT2D eigenvalue weighted by Gasteiger charge is 2.29. The van der Waals surface area contributed by atoms with Crippen LogP contribution in [-0.2, 0) is 20.9 Å². The van der Waals surface area contributed by atoms with Crippen LogP contribution in [0.2, 0.25) is 0 Å². The van der Waals surface area contributed by atoms with Gasteiger partial charge in [0.15, 0.2) is 0 Å². The Labute approximate surface area is 147 Å². The fourth-order valence-electron chi connectivity index (χ4n) is 3.16. The van der Waals surface area contributed by atoms with Crippen LogP contribution in [0.25, 0.3) is 0 Å². The Hall–Kier alpha value is -1.98. The predicted octanol–water partition coefficient (Wildman–Crippen LogP) is 3.09. The lowest BCUT2D eigenvalue weighted by Crippen LogP contribution is -2.49. The molecule has 0 aromatic heterocycles. The summed E-state index contributed by atoms with van der Waals surface area (Å²) in [4.78, 5) is 14.6. The van der Waals surface area contributed by atoms with E-state index in [1.807, 2.05) is 24.0 Å². The molecule has 1 aromatic rings. The highest BCUT2D eigenvalue weighted by molar-refractivity contribution is 5.83. The first-order valence-electron chi connectivity index (χ1n) is 8.70. The molecule has 1 aromatic carbocycles. The quantitative estimate of drug-likeness (QED) is 0.770. The zero-order valence-corrected chi connectivity index (χ0v) is 14.5. The van der Waals surface area contributed by atoms with E-state index in [-0.39, 0.29) is 30.4 Å². The Balaban J connectivity index is 1.50. The first-order chi connectivity index (χ1) is 12.1. The molecule has 25 heavy (non-hydrogen) atoms. The zero-order valence-electron chi connectivity index (χ0n) is 14.5. The van der Waals surface area contributed by atoms with Crippen LogP contribution >= 0.6 is 0 Å². The SMILES string of the molecule is CC1=CCC=CC1C(=O)N1CCOC(COCc2ccccc2F)C1. The number of nitrogens with zero attached hydrogens (tertiary/aromatic N) is 1. The Morgan fingerprint density at radius 1 is 1.40 bits per heavy atom. The van der Waals surface area contributed by atoms with E-state index < -0.39 is 0 Å². The molecule has 0 radical (unpaired) electrons. The van der Waals surface area contributed by atoms with Crippen molar-refractivity contribution in [1.82, 2.24) is 4.90 Å². The van der Waals surface area contributed by atoms with Crippen LogP contribution in [-0.4, -0.2) is 43.2 Å². The lowest BCUT2D eigenvalue weighted by atomic mass is 9.93. The second kappa shape index (κ2) is 8.41. The molecule has 4 nitrogen and oxygen atoms in total. The molecule has 5 heteroatoms. The van der Waals surface area contributed by atoms with Crippen molar-refractivity contribution in [3.05, 3.63) is 59.4 Å². The van der Waals surface area contributed by atoms with Crippen molar-refractivity contribution >= 4 is 5.91 Å². The van der Waals surface area contributed by atoms with Crippen LogP contribution in [0, 0.1) is 11.7 Å². The van der Waals surface area contributed by atoms with Crippen molar-refractivity contribution in [1.29, 1.82) is 0 Å². The van der Waals surface area contributed by atoms with E-state index in [0.29, 0.717) is 31.9 Å². The average molecular weight is 345 g/mol. The Kier molecular flexibility index (Phi) is 6.00. The number of carbonyl (C=O) groups is 1. The first kappa shape index (κ1) is 17.8. The van der Waals surface area contributed by atoms with Crippen molar-refractivity contribution < 1.29 is 18.7 Å². The molecule has 134 valence electrons. The van der Waals surface area contributed by atoms with E-state index in [0.717, 1.165) is 12.0 Å². The van der Waals surface area contributed by atoms with Gasteiger partial charge in [0.25, 0.3) is 0 Å². The van der Waals surface area contributed by atoms with Gasteiger partial charge in [0, 0.05) is 18.7 Å². The van der Waals surface area contributed by atoms with Crippen LogP contribution in [0.1, 0.15) is 18.9 Å². The minimum atomic E-state index is -0.268. The lowest BCUT2D eigenvalue weighted by molar-refractivity contribution is -0.143. The molecule has 0 N–H and O–H groups in total. The predicted molar refractivity (Wildman–Crippen MR) is 93.4 cm³/mol. The summed E-state index contributed by atoms with van der Waals surface area (Å²) < 4.78 is 24.9. The maximum Gasteiger partial charge on any atom is 0.233 e. The number of carbonyl (C=O) groups excluding carboxylic acids is 1. The number of amides is 1. The van der Waals surface area contributed by atoms with Gasteiger partial charge >= 0.3 is 0 Å². The summed E-state index contributed by atoms with van der Waals surface area (Å²) in [6, 6.07) is 6.57. The largest absolute Gasteiger partial charge is 0.374 e. The second-order valence-electron chi connectivity index (χ2n) is 6.47. The summed E-state index contributed by atoms with van der Waals surface area (Å²) in [5.41, 5.74) is 1.63. The molecule has 0 saturated carbocycles. The van der Waals surface area contributed by atoms with Gasteiger partial charge in [-0.05, 0) is 19.4 Å². The van der Waals surface area contributed by atoms with Crippen LogP contribution in [0.3, 0.4) is 0 Å². The highest BCUT2D eigenvalue weighted by atomic mass is 19.1. The maximum absolute atomic E-state index is 13.6. The van der Waals surface area contributed by atoms with Crippen LogP contribution in [0.5, 0.6) is 0 Å². The van der Waals surface area contributed by atoms with Gasteiger partial charge in [0.2, 0.25) is 5.91 Å². The van der Waals surface area contributed by atoms with Gasteiger partial charge in [0.1, 0.15) is 5.82 Å². The fraction of sp³-hybridized carbons (Fsp3) is 0.450. The fourth-order valence-corrected chi connectivity index (χ4v) is 3.16. The third kappa shape index (κ3) is 4.55. The lowest BCUT2D eigenvalue weighted by Gasteiger charge is -2.35. The molecular formula is C20H24FNO3. The van der Waals surface area contributed by atoms with Gasteiger partial charge in [-0.1, -0.05) is 42.0 Å². The number of allylic oxidation sites excluding steroid dienone is 2. The van der Waals surface area contributed by atoms with Crippen LogP contribution < -0.4 is 0 Å². The molecule has 3 rings (SSSR count). The highest BCUT2D eigenvalue weighted by Crippen LogP contribution is 2.22. The normalized spacial score (nSPS) is 23.4. The van der Waals surface area contributed by atoms with E-state index in [1.165, 1.54) is 6.07 Å². The van der Waals surface area contributed by atoms with Gasteiger partial charge in [-0.15, -0.1) is 0 Å². The summed E-state index contributed by atoms with van der Waals surface area (Å²) in [6.45, 7) is 4.15. The molecule has 0 bridgehead atoms. The molecule has 1 heterocycles. The van der Waals surface area contributed by atoms with Crippen LogP contribution in [0.4, 0.5) is 4.39 Å². The van der Waals surface area contributed by atoms with Gasteiger partial charge < -0.3 is 14.4 Å². The zero-order chi connectivity index (χ0) is 17.6. The second-order valence-corrected chi connectivity index (χ2v) is 6.47. The van der Waals surface area contributed by atoms with E-state index in [9.17, 15) is 9.18 Å². The van der Waals surface area contributed by atoms with Crippen LogP contribution in [0.15, 0.2) is 48.1 Å². The monoisotopic (exact) mass is 345 g/mol. The van der Waals surface area contributed by atoms with E-state index in [4.69, 9.17) is 9.47 Å². The van der Waals surface area contributed by atoms with E-state index >= 15 is 0 Å². The molecule has 1 amide bonds. The number of benzene rings is 1. The third-order valence-corrected chi connectivity index (χ3v) is 4.63. The maximum atomic E-state index is 13.6. The summed E-state index contributed by atoms with van der Waals surface area (Å²) in [5.74, 6) is -0.311. The average Bonchev–Trinajstić information content (AvgIpc) is 2.63. The van der Waals surface area contributed by atoms with Crippen molar-refractivity contribution in [3.8, 4) is 0 Å². The number of hydrogen-bond donors (Lipinski definition) is 0. The van der Waals surface area contributed by atoms with Crippen molar-refractivity contribution in [3.63, 3.8) is 0 Å². The van der Waals surface area contributed by atoms with Crippen molar-refractivity contribution in [2.75, 3.05) is 26.3 Å². The number of rotatable bonds is 5. The number of morpholine rings is 1. The van der Waals surface area contributed by atoms with E-state index in [2.05, 4.69) is 6.08 Å². The summed E-state index contributed by atoms with van der Waals surface area (Å²) in [5, 5.41) is 0. The Bertz CT molecular complexity index is 671. The smallest absolute Gasteiger partial charge is 0.233 e. The van der Waals surface area contributed by atoms with Gasteiger partial charge in [0.05, 0.1) is 31.8 Å². The van der Waals surface area contributed by atoms with Gasteiger partial charge in [-0.25, -0.2) is 4.39 Å². The van der Waals surface area contributed by atoms with Crippen molar-refractivity contribution in [2.24, 2.45) is 5.92 Å². The van der Waals surface area contributed by atoms with E-state index in [1.54, 1.807) is 18.2 Å². The topological polar surface area (TPSA) is 38.8 Å². The summed E-state index contributed by atoms with van der Waals surface area (Å²) in [7, 11) is 0. The standard InChI is InChI=1S/C20H24FNO3/c1-15-6-2-4-8-18(15)20(23)22-10-11-25-17(12-22)14-24-13-16-7-3-5-9-19(16)21/h3-9,17-18H,2,10-14H2,1H3. The Morgan fingerprint density at radius 3 is 3.04 bits per heavy atom. The minimum absolute atomic E-state index is 0.118. The molecular weight excluding hydrogens is 321 g/mol. The number of ether oxygens (including phenoxy) is 2. The van der Waals surface area contributed by atoms with Crippen molar-refractivity contribution in [2.45, 2.75) is 26.1 Å².